The van der Waals surface area contributed by atoms with Crippen LogP contribution in [0.2, 0.25) is 0 Å². The van der Waals surface area contributed by atoms with Crippen LogP contribution in [-0.2, 0) is 10.0 Å². The number of thioether (sulfide) groups is 1. The van der Waals surface area contributed by atoms with Crippen LogP contribution in [0.4, 0.5) is 0 Å². The second-order valence-electron chi connectivity index (χ2n) is 8.45. The fraction of sp³-hybridized carbons (Fsp3) is 0.115. The molecule has 1 heterocycles. The molecule has 4 aromatic carbocycles. The van der Waals surface area contributed by atoms with Crippen LogP contribution in [-0.4, -0.2) is 28.6 Å². The Labute approximate surface area is 207 Å². The molecule has 0 spiro atoms. The van der Waals surface area contributed by atoms with Crippen molar-refractivity contribution in [2.75, 3.05) is 0 Å². The predicted molar refractivity (Wildman–Crippen MR) is 136 cm³/mol. The monoisotopic (exact) mass is 499 g/mol. The minimum Gasteiger partial charge on any atom is -0.207 e. The molecular weight excluding hydrogens is 478 g/mol. The highest BCUT2D eigenvalue weighted by Crippen LogP contribution is 2.53. The molecule has 0 saturated carbocycles. The lowest BCUT2D eigenvalue weighted by molar-refractivity contribution is 0.557. The summed E-state index contributed by atoms with van der Waals surface area (Å²) in [6.45, 7) is 1.93. The summed E-state index contributed by atoms with van der Waals surface area (Å²) in [5.74, 6) is 0. The maximum Gasteiger partial charge on any atom is 0.241 e. The number of nitrogens with one attached hydrogen (secondary N) is 1. The lowest BCUT2D eigenvalue weighted by Crippen LogP contribution is -2.30. The summed E-state index contributed by atoms with van der Waals surface area (Å²) in [4.78, 5) is 0.240. The summed E-state index contributed by atoms with van der Waals surface area (Å²) in [5, 5.41) is 14.8. The Bertz CT molecular complexity index is 1630. The van der Waals surface area contributed by atoms with E-state index >= 15 is 0 Å². The van der Waals surface area contributed by atoms with E-state index in [1.807, 2.05) is 55.5 Å². The molecule has 0 fully saturated rings. The van der Waals surface area contributed by atoms with Gasteiger partial charge in [-0.05, 0) is 63.5 Å². The fourth-order valence-electron chi connectivity index (χ4n) is 4.55. The lowest BCUT2D eigenvalue weighted by atomic mass is 10.1. The van der Waals surface area contributed by atoms with Crippen LogP contribution < -0.4 is 4.72 Å². The molecule has 7 nitrogen and oxygen atoms in total. The topological polar surface area (TPSA) is 89.8 Å². The van der Waals surface area contributed by atoms with E-state index in [0.717, 1.165) is 33.2 Å². The molecule has 5 aromatic rings. The second kappa shape index (κ2) is 8.60. The molecule has 0 radical (unpaired) electrons. The van der Waals surface area contributed by atoms with Gasteiger partial charge in [-0.1, -0.05) is 84.1 Å². The van der Waals surface area contributed by atoms with E-state index < -0.39 is 16.1 Å². The highest BCUT2D eigenvalue weighted by molar-refractivity contribution is 7.99. The van der Waals surface area contributed by atoms with Gasteiger partial charge in [0.05, 0.1) is 21.9 Å². The van der Waals surface area contributed by atoms with Crippen molar-refractivity contribution < 1.29 is 8.42 Å². The molecule has 1 aromatic heterocycles. The quantitative estimate of drug-likeness (QED) is 0.354. The maximum absolute atomic E-state index is 13.4. The smallest absolute Gasteiger partial charge is 0.207 e. The highest BCUT2D eigenvalue weighted by atomic mass is 32.2. The van der Waals surface area contributed by atoms with Gasteiger partial charge in [-0.25, -0.2) is 13.1 Å². The van der Waals surface area contributed by atoms with Crippen LogP contribution in [0.1, 0.15) is 28.0 Å². The number of aryl methyl sites for hydroxylation is 1. The Balaban J connectivity index is 1.43. The average molecular weight is 500 g/mol. The molecule has 174 valence electrons. The molecule has 0 bridgehead atoms. The first kappa shape index (κ1) is 22.0. The molecule has 1 aliphatic rings. The van der Waals surface area contributed by atoms with Gasteiger partial charge in [0.25, 0.3) is 0 Å². The third-order valence-corrected chi connectivity index (χ3v) is 8.90. The van der Waals surface area contributed by atoms with E-state index in [4.69, 9.17) is 0 Å². The molecule has 1 aliphatic carbocycles. The molecular formula is C26H21N5O2S2. The lowest BCUT2D eigenvalue weighted by Gasteiger charge is -2.22. The highest BCUT2D eigenvalue weighted by Gasteiger charge is 2.39. The Morgan fingerprint density at radius 2 is 1.57 bits per heavy atom. The standard InChI is InChI=1S/C26H21N5O2S2/c1-17-13-15-20(16-14-17)35(32,33)28-24-21-11-5-7-18-8-6-12-22(23(18)21)25(24)34-26-27-29-30-31(26)19-9-3-2-4-10-19/h2-16,24-25,28H,1H3. The summed E-state index contributed by atoms with van der Waals surface area (Å²) in [7, 11) is -3.77. The van der Waals surface area contributed by atoms with E-state index in [1.165, 1.54) is 11.8 Å². The molecule has 9 heteroatoms. The Morgan fingerprint density at radius 1 is 0.857 bits per heavy atom. The molecule has 0 aliphatic heterocycles. The van der Waals surface area contributed by atoms with Gasteiger partial charge in [0.1, 0.15) is 0 Å². The van der Waals surface area contributed by atoms with E-state index in [0.29, 0.717) is 5.16 Å². The average Bonchev–Trinajstić information content (AvgIpc) is 3.45. The summed E-state index contributed by atoms with van der Waals surface area (Å²) in [6.07, 6.45) is 0. The molecule has 35 heavy (non-hydrogen) atoms. The molecule has 2 unspecified atom stereocenters. The van der Waals surface area contributed by atoms with Crippen LogP contribution in [0, 0.1) is 6.92 Å². The molecule has 6 rings (SSSR count). The van der Waals surface area contributed by atoms with Gasteiger partial charge in [-0.2, -0.15) is 4.68 Å². The summed E-state index contributed by atoms with van der Waals surface area (Å²) in [6, 6.07) is 28.2. The molecule has 0 saturated heterocycles. The Kier molecular flexibility index (Phi) is 5.40. The number of sulfonamides is 1. The zero-order chi connectivity index (χ0) is 24.0. The zero-order valence-electron chi connectivity index (χ0n) is 18.7. The van der Waals surface area contributed by atoms with Crippen molar-refractivity contribution in [2.24, 2.45) is 0 Å². The van der Waals surface area contributed by atoms with Crippen molar-refractivity contribution in [3.05, 3.63) is 108 Å². The zero-order valence-corrected chi connectivity index (χ0v) is 20.4. The van der Waals surface area contributed by atoms with Crippen molar-refractivity contribution in [1.82, 2.24) is 24.9 Å². The third kappa shape index (κ3) is 3.91. The molecule has 0 amide bonds. The SMILES string of the molecule is Cc1ccc(S(=O)(=O)NC2c3cccc4cccc(c34)C2Sc2nnnn2-c2ccccc2)cc1. The van der Waals surface area contributed by atoms with E-state index in [1.54, 1.807) is 28.9 Å². The number of rotatable bonds is 6. The minimum absolute atomic E-state index is 0.240. The largest absolute Gasteiger partial charge is 0.241 e. The molecule has 1 N–H and O–H groups in total. The van der Waals surface area contributed by atoms with Crippen molar-refractivity contribution in [1.29, 1.82) is 0 Å². The summed E-state index contributed by atoms with van der Waals surface area (Å²) < 4.78 is 31.6. The first-order valence-corrected chi connectivity index (χ1v) is 13.5. The van der Waals surface area contributed by atoms with Gasteiger partial charge < -0.3 is 0 Å². The van der Waals surface area contributed by atoms with Crippen molar-refractivity contribution in [2.45, 2.75) is 28.3 Å². The second-order valence-corrected chi connectivity index (χ2v) is 11.3. The number of aromatic nitrogens is 4. The first-order valence-electron chi connectivity index (χ1n) is 11.1. The minimum atomic E-state index is -3.77. The molecule has 2 atom stereocenters. The van der Waals surface area contributed by atoms with E-state index in [9.17, 15) is 8.42 Å². The number of tetrazole rings is 1. The Hall–Kier alpha value is -3.53. The predicted octanol–water partition coefficient (Wildman–Crippen LogP) is 4.99. The van der Waals surface area contributed by atoms with Crippen molar-refractivity contribution >= 4 is 32.6 Å². The number of benzene rings is 4. The van der Waals surface area contributed by atoms with Crippen LogP contribution >= 0.6 is 11.8 Å². The van der Waals surface area contributed by atoms with Crippen molar-refractivity contribution in [3.8, 4) is 5.69 Å². The number of hydrogen-bond donors (Lipinski definition) is 1. The van der Waals surface area contributed by atoms with Gasteiger partial charge in [0.15, 0.2) is 0 Å². The number of nitrogens with zero attached hydrogens (tertiary/aromatic N) is 4. The Morgan fingerprint density at radius 3 is 2.31 bits per heavy atom. The summed E-state index contributed by atoms with van der Waals surface area (Å²) in [5.41, 5.74) is 3.85. The van der Waals surface area contributed by atoms with Crippen molar-refractivity contribution in [3.63, 3.8) is 0 Å². The normalized spacial score (nSPS) is 17.2. The first-order chi connectivity index (χ1) is 17.0. The summed E-state index contributed by atoms with van der Waals surface area (Å²) >= 11 is 1.46. The maximum atomic E-state index is 13.4. The van der Waals surface area contributed by atoms with Crippen LogP contribution in [0.25, 0.3) is 16.5 Å². The van der Waals surface area contributed by atoms with E-state index in [-0.39, 0.29) is 10.1 Å². The van der Waals surface area contributed by atoms with Gasteiger partial charge in [-0.3, -0.25) is 0 Å². The van der Waals surface area contributed by atoms with Crippen LogP contribution in [0.3, 0.4) is 0 Å². The van der Waals surface area contributed by atoms with Crippen LogP contribution in [0.5, 0.6) is 0 Å². The fourth-order valence-corrected chi connectivity index (χ4v) is 7.09. The van der Waals surface area contributed by atoms with Gasteiger partial charge in [-0.15, -0.1) is 5.10 Å². The van der Waals surface area contributed by atoms with Gasteiger partial charge in [0.2, 0.25) is 15.2 Å². The van der Waals surface area contributed by atoms with Crippen LogP contribution in [0.15, 0.2) is 101 Å². The number of hydrogen-bond acceptors (Lipinski definition) is 6. The van der Waals surface area contributed by atoms with Gasteiger partial charge in [0, 0.05) is 0 Å². The van der Waals surface area contributed by atoms with Gasteiger partial charge >= 0.3 is 0 Å². The third-order valence-electron chi connectivity index (χ3n) is 6.20. The number of para-hydroxylation sites is 1. The van der Waals surface area contributed by atoms with E-state index in [2.05, 4.69) is 38.4 Å².